The molecule has 36 heavy (non-hydrogen) atoms. The molecule has 6 N–H and O–H groups in total. The van der Waals surface area contributed by atoms with Crippen molar-refractivity contribution in [1.29, 1.82) is 0 Å². The van der Waals surface area contributed by atoms with Crippen LogP contribution < -0.4 is 0 Å². The number of fused-ring (bicyclic) bond motifs is 5. The van der Waals surface area contributed by atoms with Gasteiger partial charge in [0.1, 0.15) is 0 Å². The lowest BCUT2D eigenvalue weighted by atomic mass is 9.45. The van der Waals surface area contributed by atoms with E-state index in [1.54, 1.807) is 33.8 Å². The van der Waals surface area contributed by atoms with Crippen molar-refractivity contribution in [2.75, 3.05) is 0 Å². The summed E-state index contributed by atoms with van der Waals surface area (Å²) < 4.78 is 0. The Balaban J connectivity index is 1.63. The Kier molecular flexibility index (Phi) is 6.93. The van der Waals surface area contributed by atoms with Crippen LogP contribution in [0.2, 0.25) is 0 Å². The number of allylic oxidation sites excluding steroid dienone is 1. The summed E-state index contributed by atoms with van der Waals surface area (Å²) in [5.41, 5.74) is -3.84. The summed E-state index contributed by atoms with van der Waals surface area (Å²) in [5.74, 6) is -1.10. The molecule has 0 aliphatic heterocycles. The highest BCUT2D eigenvalue weighted by Crippen LogP contribution is 2.68. The van der Waals surface area contributed by atoms with Gasteiger partial charge in [-0.25, -0.2) is 0 Å². The van der Waals surface area contributed by atoms with E-state index in [9.17, 15) is 35.4 Å². The summed E-state index contributed by atoms with van der Waals surface area (Å²) >= 11 is 0. The minimum absolute atomic E-state index is 0.0565. The van der Waals surface area contributed by atoms with Gasteiger partial charge in [-0.2, -0.15) is 0 Å². The maximum atomic E-state index is 13.3. The molecular formula is C29H48O7. The van der Waals surface area contributed by atoms with Crippen LogP contribution >= 0.6 is 0 Å². The molecule has 7 heteroatoms. The summed E-state index contributed by atoms with van der Waals surface area (Å²) in [6, 6.07) is 0. The molecule has 0 aromatic heterocycles. The Morgan fingerprint density at radius 3 is 2.28 bits per heavy atom. The smallest absolute Gasteiger partial charge is 0.159 e. The molecule has 0 bridgehead atoms. The van der Waals surface area contributed by atoms with Crippen LogP contribution in [0.15, 0.2) is 11.6 Å². The van der Waals surface area contributed by atoms with E-state index in [0.29, 0.717) is 38.5 Å². The van der Waals surface area contributed by atoms with Crippen LogP contribution in [0.25, 0.3) is 0 Å². The second-order valence-corrected chi connectivity index (χ2v) is 14.0. The molecule has 0 aromatic carbocycles. The van der Waals surface area contributed by atoms with E-state index in [2.05, 4.69) is 0 Å². The number of carbonyl (C=O) groups is 1. The van der Waals surface area contributed by atoms with Gasteiger partial charge in [-0.3, -0.25) is 4.79 Å². The SMILES string of the molecule is CC(O)[C@H](CC[C@](C)(O)[C@H]1CC[C@@]2(O)C3=CC(=O)[C@@H]4C[C@@H](O)[C@@H](O)C[C@]4(C)[C@H]3CC[C@]12C)C(C)(C)O. The molecule has 3 saturated carbocycles. The van der Waals surface area contributed by atoms with Crippen molar-refractivity contribution in [1.82, 2.24) is 0 Å². The predicted octanol–water partition coefficient (Wildman–Crippen LogP) is 2.49. The summed E-state index contributed by atoms with van der Waals surface area (Å²) in [7, 11) is 0. The van der Waals surface area contributed by atoms with Crippen molar-refractivity contribution in [2.24, 2.45) is 34.5 Å². The molecule has 206 valence electrons. The second-order valence-electron chi connectivity index (χ2n) is 14.0. The van der Waals surface area contributed by atoms with Crippen LogP contribution in [0.1, 0.15) is 92.9 Å². The zero-order chi connectivity index (χ0) is 27.1. The monoisotopic (exact) mass is 508 g/mol. The average molecular weight is 509 g/mol. The normalized spacial score (nSPS) is 46.2. The Labute approximate surface area is 215 Å². The van der Waals surface area contributed by atoms with Crippen molar-refractivity contribution in [3.63, 3.8) is 0 Å². The molecule has 3 fully saturated rings. The largest absolute Gasteiger partial charge is 0.393 e. The fourth-order valence-corrected chi connectivity index (χ4v) is 9.17. The van der Waals surface area contributed by atoms with Gasteiger partial charge in [0.05, 0.1) is 35.1 Å². The minimum atomic E-state index is -1.23. The molecule has 0 radical (unpaired) electrons. The van der Waals surface area contributed by atoms with Crippen molar-refractivity contribution in [2.45, 2.75) is 128 Å². The lowest BCUT2D eigenvalue weighted by Gasteiger charge is -2.60. The maximum Gasteiger partial charge on any atom is 0.159 e. The first-order chi connectivity index (χ1) is 16.4. The van der Waals surface area contributed by atoms with E-state index in [1.165, 1.54) is 0 Å². The molecule has 0 amide bonds. The summed E-state index contributed by atoms with van der Waals surface area (Å²) in [5, 5.41) is 65.6. The first kappa shape index (κ1) is 28.2. The molecule has 0 saturated heterocycles. The van der Waals surface area contributed by atoms with Gasteiger partial charge in [0, 0.05) is 17.3 Å². The molecule has 7 nitrogen and oxygen atoms in total. The lowest BCUT2D eigenvalue weighted by Crippen LogP contribution is -2.61. The van der Waals surface area contributed by atoms with Crippen LogP contribution in [0, 0.1) is 34.5 Å². The zero-order valence-electron chi connectivity index (χ0n) is 22.9. The molecule has 0 aromatic rings. The van der Waals surface area contributed by atoms with Crippen LogP contribution in [-0.4, -0.2) is 71.5 Å². The van der Waals surface area contributed by atoms with Crippen LogP contribution in [-0.2, 0) is 4.79 Å². The van der Waals surface area contributed by atoms with E-state index >= 15 is 0 Å². The fraction of sp³-hybridized carbons (Fsp3) is 0.897. The first-order valence-electron chi connectivity index (χ1n) is 13.9. The summed E-state index contributed by atoms with van der Waals surface area (Å²) in [6.45, 7) is 10.9. The fourth-order valence-electron chi connectivity index (χ4n) is 9.17. The minimum Gasteiger partial charge on any atom is -0.393 e. The third-order valence-corrected chi connectivity index (χ3v) is 11.3. The zero-order valence-corrected chi connectivity index (χ0v) is 22.9. The maximum absolute atomic E-state index is 13.3. The number of aliphatic hydroxyl groups is 6. The quantitative estimate of drug-likeness (QED) is 0.324. The van der Waals surface area contributed by atoms with E-state index < -0.39 is 51.9 Å². The summed E-state index contributed by atoms with van der Waals surface area (Å²) in [4.78, 5) is 13.3. The Hall–Kier alpha value is -0.830. The average Bonchev–Trinajstić information content (AvgIpc) is 3.01. The summed E-state index contributed by atoms with van der Waals surface area (Å²) in [6.07, 6.45) is 3.05. The Morgan fingerprint density at radius 2 is 1.69 bits per heavy atom. The number of rotatable bonds is 6. The van der Waals surface area contributed by atoms with Gasteiger partial charge < -0.3 is 30.6 Å². The van der Waals surface area contributed by atoms with Crippen molar-refractivity contribution in [3.8, 4) is 0 Å². The third-order valence-electron chi connectivity index (χ3n) is 11.3. The molecule has 4 aliphatic rings. The van der Waals surface area contributed by atoms with Gasteiger partial charge in [0.25, 0.3) is 0 Å². The van der Waals surface area contributed by atoms with Gasteiger partial charge >= 0.3 is 0 Å². The molecule has 0 spiro atoms. The number of ketones is 1. The highest BCUT2D eigenvalue weighted by molar-refractivity contribution is 5.95. The molecular weight excluding hydrogens is 460 g/mol. The number of carbonyl (C=O) groups excluding carboxylic acids is 1. The van der Waals surface area contributed by atoms with E-state index in [4.69, 9.17) is 0 Å². The molecule has 1 unspecified atom stereocenters. The van der Waals surface area contributed by atoms with Gasteiger partial charge in [-0.05, 0) is 108 Å². The first-order valence-corrected chi connectivity index (χ1v) is 13.9. The molecule has 4 aliphatic carbocycles. The van der Waals surface area contributed by atoms with Crippen molar-refractivity contribution >= 4 is 5.78 Å². The Morgan fingerprint density at radius 1 is 1.06 bits per heavy atom. The van der Waals surface area contributed by atoms with Gasteiger partial charge in [-0.1, -0.05) is 13.8 Å². The highest BCUT2D eigenvalue weighted by atomic mass is 16.3. The lowest BCUT2D eigenvalue weighted by molar-refractivity contribution is -0.161. The topological polar surface area (TPSA) is 138 Å². The van der Waals surface area contributed by atoms with Crippen LogP contribution in [0.4, 0.5) is 0 Å². The van der Waals surface area contributed by atoms with E-state index in [0.717, 1.165) is 12.0 Å². The molecule has 11 atom stereocenters. The van der Waals surface area contributed by atoms with Gasteiger partial charge in [0.2, 0.25) is 0 Å². The Bertz CT molecular complexity index is 904. The van der Waals surface area contributed by atoms with Crippen molar-refractivity contribution < 1.29 is 35.4 Å². The molecule has 0 heterocycles. The van der Waals surface area contributed by atoms with Crippen LogP contribution in [0.5, 0.6) is 0 Å². The molecule has 4 rings (SSSR count). The number of hydrogen-bond acceptors (Lipinski definition) is 7. The predicted molar refractivity (Wildman–Crippen MR) is 136 cm³/mol. The van der Waals surface area contributed by atoms with E-state index in [-0.39, 0.29) is 30.0 Å². The highest BCUT2D eigenvalue weighted by Gasteiger charge is 2.68. The van der Waals surface area contributed by atoms with Gasteiger partial charge in [-0.15, -0.1) is 0 Å². The number of aliphatic hydroxyl groups excluding tert-OH is 3. The third kappa shape index (κ3) is 4.13. The second kappa shape index (κ2) is 8.85. The van der Waals surface area contributed by atoms with Gasteiger partial charge in [0.15, 0.2) is 5.78 Å². The number of hydrogen-bond donors (Lipinski definition) is 6. The van der Waals surface area contributed by atoms with Crippen LogP contribution in [0.3, 0.4) is 0 Å². The van der Waals surface area contributed by atoms with Crippen molar-refractivity contribution in [3.05, 3.63) is 11.6 Å². The van der Waals surface area contributed by atoms with E-state index in [1.807, 2.05) is 13.8 Å². The standard InChI is InChI=1S/C29H48O7/c1-16(30)17(25(2,3)34)8-11-28(6,35)24-9-12-29(36)19-13-21(31)20-14-22(32)23(33)15-26(20,4)18(19)7-10-27(24,29)5/h13,16-18,20,22-24,30,32-36H,7-12,14-15H2,1-6H3/t16?,17-,18-,20-,22+,23-,24-,26+,27+,28-,29+/m0/s1.